The Bertz CT molecular complexity index is 543. The predicted octanol–water partition coefficient (Wildman–Crippen LogP) is 3.01. The van der Waals surface area contributed by atoms with Crippen LogP contribution in [0.25, 0.3) is 0 Å². The summed E-state index contributed by atoms with van der Waals surface area (Å²) in [5, 5.41) is 3.62. The maximum Gasteiger partial charge on any atom is 0.244 e. The standard InChI is InChI=1S/C18H24N2O/c1-2-13-5-7-15(8-6-13)16-19-18(10-11-18)17(21)20(16)12-9-14-3-4-14/h5-8,14,16,19H,2-4,9-12H2,1H3. The zero-order valence-corrected chi connectivity index (χ0v) is 12.8. The third-order valence-electron chi connectivity index (χ3n) is 5.32. The van der Waals surface area contributed by atoms with Gasteiger partial charge in [0, 0.05) is 6.54 Å². The van der Waals surface area contributed by atoms with Crippen molar-refractivity contribution < 1.29 is 4.79 Å². The molecule has 3 fully saturated rings. The molecule has 3 heteroatoms. The van der Waals surface area contributed by atoms with Crippen LogP contribution in [-0.2, 0) is 11.2 Å². The first-order valence-corrected chi connectivity index (χ1v) is 8.39. The van der Waals surface area contributed by atoms with E-state index in [-0.39, 0.29) is 11.7 Å². The van der Waals surface area contributed by atoms with Crippen molar-refractivity contribution in [2.75, 3.05) is 6.54 Å². The number of hydrogen-bond donors (Lipinski definition) is 1. The molecule has 3 aliphatic rings. The fraction of sp³-hybridized carbons (Fsp3) is 0.611. The van der Waals surface area contributed by atoms with Crippen LogP contribution in [0, 0.1) is 5.92 Å². The van der Waals surface area contributed by atoms with Crippen LogP contribution in [0.15, 0.2) is 24.3 Å². The molecule has 1 amide bonds. The number of amides is 1. The number of carbonyl (C=O) groups is 1. The molecule has 2 saturated carbocycles. The van der Waals surface area contributed by atoms with Crippen molar-refractivity contribution in [1.82, 2.24) is 10.2 Å². The van der Waals surface area contributed by atoms with Gasteiger partial charge in [-0.25, -0.2) is 0 Å². The molecule has 1 aromatic carbocycles. The van der Waals surface area contributed by atoms with Gasteiger partial charge in [0.15, 0.2) is 0 Å². The van der Waals surface area contributed by atoms with Gasteiger partial charge in [0.2, 0.25) is 5.91 Å². The average Bonchev–Trinajstić information content (AvgIpc) is 3.41. The summed E-state index contributed by atoms with van der Waals surface area (Å²) < 4.78 is 0. The Morgan fingerprint density at radius 1 is 1.24 bits per heavy atom. The van der Waals surface area contributed by atoms with E-state index in [0.717, 1.165) is 31.7 Å². The molecule has 1 atom stereocenters. The van der Waals surface area contributed by atoms with Gasteiger partial charge in [-0.05, 0) is 42.7 Å². The Hall–Kier alpha value is -1.35. The summed E-state index contributed by atoms with van der Waals surface area (Å²) in [7, 11) is 0. The first-order valence-electron chi connectivity index (χ1n) is 8.39. The van der Waals surface area contributed by atoms with E-state index in [1.54, 1.807) is 0 Å². The molecule has 0 bridgehead atoms. The van der Waals surface area contributed by atoms with E-state index in [4.69, 9.17) is 0 Å². The summed E-state index contributed by atoms with van der Waals surface area (Å²) in [5.41, 5.74) is 2.38. The van der Waals surface area contributed by atoms with Crippen molar-refractivity contribution in [3.05, 3.63) is 35.4 Å². The van der Waals surface area contributed by atoms with Crippen molar-refractivity contribution in [1.29, 1.82) is 0 Å². The monoisotopic (exact) mass is 284 g/mol. The normalized spacial score (nSPS) is 26.6. The van der Waals surface area contributed by atoms with Crippen LogP contribution in [0.4, 0.5) is 0 Å². The van der Waals surface area contributed by atoms with Crippen LogP contribution in [0.2, 0.25) is 0 Å². The van der Waals surface area contributed by atoms with Crippen molar-refractivity contribution in [2.45, 2.75) is 57.2 Å². The van der Waals surface area contributed by atoms with Gasteiger partial charge >= 0.3 is 0 Å². The van der Waals surface area contributed by atoms with Gasteiger partial charge in [-0.2, -0.15) is 0 Å². The highest BCUT2D eigenvalue weighted by Gasteiger charge is 2.59. The SMILES string of the molecule is CCc1ccc(C2NC3(CC3)C(=O)N2CCC2CC2)cc1. The van der Waals surface area contributed by atoms with Gasteiger partial charge in [0.05, 0.1) is 0 Å². The van der Waals surface area contributed by atoms with E-state index < -0.39 is 0 Å². The number of nitrogens with one attached hydrogen (secondary N) is 1. The topological polar surface area (TPSA) is 32.3 Å². The maximum atomic E-state index is 12.7. The van der Waals surface area contributed by atoms with E-state index in [1.807, 2.05) is 0 Å². The summed E-state index contributed by atoms with van der Waals surface area (Å²) in [6.07, 6.45) is 7.06. The molecule has 1 unspecified atom stereocenters. The van der Waals surface area contributed by atoms with E-state index in [2.05, 4.69) is 41.4 Å². The largest absolute Gasteiger partial charge is 0.321 e. The summed E-state index contributed by atoms with van der Waals surface area (Å²) in [5.74, 6) is 1.21. The molecule has 21 heavy (non-hydrogen) atoms. The second-order valence-corrected chi connectivity index (χ2v) is 6.95. The molecule has 4 rings (SSSR count). The molecular formula is C18H24N2O. The molecule has 1 heterocycles. The van der Waals surface area contributed by atoms with Crippen LogP contribution in [0.5, 0.6) is 0 Å². The second kappa shape index (κ2) is 4.84. The number of benzene rings is 1. The molecular weight excluding hydrogens is 260 g/mol. The zero-order valence-electron chi connectivity index (χ0n) is 12.8. The van der Waals surface area contributed by atoms with E-state index in [1.165, 1.54) is 30.4 Å². The lowest BCUT2D eigenvalue weighted by Gasteiger charge is -2.24. The van der Waals surface area contributed by atoms with Gasteiger partial charge < -0.3 is 4.90 Å². The fourth-order valence-electron chi connectivity index (χ4n) is 3.43. The van der Waals surface area contributed by atoms with Gasteiger partial charge in [-0.3, -0.25) is 10.1 Å². The van der Waals surface area contributed by atoms with Crippen LogP contribution < -0.4 is 5.32 Å². The number of aryl methyl sites for hydroxylation is 1. The molecule has 3 nitrogen and oxygen atoms in total. The first-order chi connectivity index (χ1) is 10.2. The van der Waals surface area contributed by atoms with Gasteiger partial charge in [0.1, 0.15) is 11.7 Å². The van der Waals surface area contributed by atoms with E-state index in [0.29, 0.717) is 5.91 Å². The lowest BCUT2D eigenvalue weighted by Crippen LogP contribution is -2.33. The molecule has 1 N–H and O–H groups in total. The summed E-state index contributed by atoms with van der Waals surface area (Å²) >= 11 is 0. The van der Waals surface area contributed by atoms with Crippen LogP contribution in [0.1, 0.15) is 56.3 Å². The summed E-state index contributed by atoms with van der Waals surface area (Å²) in [6, 6.07) is 8.77. The van der Waals surface area contributed by atoms with Crippen molar-refractivity contribution in [2.24, 2.45) is 5.92 Å². The molecule has 1 aliphatic heterocycles. The second-order valence-electron chi connectivity index (χ2n) is 6.95. The smallest absolute Gasteiger partial charge is 0.244 e. The highest BCUT2D eigenvalue weighted by molar-refractivity contribution is 5.92. The number of nitrogens with zero attached hydrogens (tertiary/aromatic N) is 1. The third-order valence-corrected chi connectivity index (χ3v) is 5.32. The van der Waals surface area contributed by atoms with Crippen molar-refractivity contribution in [3.63, 3.8) is 0 Å². The van der Waals surface area contributed by atoms with Gasteiger partial charge in [-0.1, -0.05) is 44.0 Å². The minimum absolute atomic E-state index is 0.0876. The average molecular weight is 284 g/mol. The van der Waals surface area contributed by atoms with Crippen LogP contribution in [-0.4, -0.2) is 22.9 Å². The highest BCUT2D eigenvalue weighted by Crippen LogP contribution is 2.46. The van der Waals surface area contributed by atoms with Crippen LogP contribution in [0.3, 0.4) is 0 Å². The fourth-order valence-corrected chi connectivity index (χ4v) is 3.43. The minimum Gasteiger partial charge on any atom is -0.321 e. The molecule has 1 aromatic rings. The lowest BCUT2D eigenvalue weighted by atomic mass is 10.1. The lowest BCUT2D eigenvalue weighted by molar-refractivity contribution is -0.131. The van der Waals surface area contributed by atoms with Crippen molar-refractivity contribution in [3.8, 4) is 0 Å². The molecule has 2 aliphatic carbocycles. The highest BCUT2D eigenvalue weighted by atomic mass is 16.2. The molecule has 1 spiro atoms. The molecule has 1 saturated heterocycles. The Labute approximate surface area is 126 Å². The van der Waals surface area contributed by atoms with Gasteiger partial charge in [-0.15, -0.1) is 0 Å². The quantitative estimate of drug-likeness (QED) is 0.901. The number of rotatable bonds is 5. The summed E-state index contributed by atoms with van der Waals surface area (Å²) in [4.78, 5) is 14.8. The molecule has 112 valence electrons. The van der Waals surface area contributed by atoms with Crippen LogP contribution >= 0.6 is 0 Å². The van der Waals surface area contributed by atoms with E-state index >= 15 is 0 Å². The van der Waals surface area contributed by atoms with Gasteiger partial charge in [0.25, 0.3) is 0 Å². The predicted molar refractivity (Wildman–Crippen MR) is 82.7 cm³/mol. The molecule has 0 aromatic heterocycles. The number of hydrogen-bond acceptors (Lipinski definition) is 2. The van der Waals surface area contributed by atoms with Crippen molar-refractivity contribution >= 4 is 5.91 Å². The Morgan fingerprint density at radius 2 is 1.95 bits per heavy atom. The third kappa shape index (κ3) is 2.38. The minimum atomic E-state index is -0.211. The first kappa shape index (κ1) is 13.3. The molecule has 0 radical (unpaired) electrons. The zero-order chi connectivity index (χ0) is 14.4. The maximum absolute atomic E-state index is 12.7. The Kier molecular flexibility index (Phi) is 3.07. The van der Waals surface area contributed by atoms with E-state index in [9.17, 15) is 4.79 Å². The number of carbonyl (C=O) groups excluding carboxylic acids is 1. The Morgan fingerprint density at radius 3 is 2.52 bits per heavy atom. The Balaban J connectivity index is 1.56. The summed E-state index contributed by atoms with van der Waals surface area (Å²) in [6.45, 7) is 3.09.